The smallest absolute Gasteiger partial charge is 0.312 e. The first-order valence-corrected chi connectivity index (χ1v) is 9.32. The molecule has 2 aromatic rings. The number of nitrogens with zero attached hydrogens (tertiary/aromatic N) is 1. The van der Waals surface area contributed by atoms with Gasteiger partial charge in [0.1, 0.15) is 5.75 Å². The second-order valence-corrected chi connectivity index (χ2v) is 7.57. The number of nitro benzene ring substituents is 1. The van der Waals surface area contributed by atoms with E-state index < -0.39 is 26.7 Å². The van der Waals surface area contributed by atoms with Gasteiger partial charge in [0.05, 0.1) is 16.4 Å². The first-order valence-electron chi connectivity index (χ1n) is 7.46. The van der Waals surface area contributed by atoms with E-state index in [1.165, 1.54) is 19.2 Å². The molecule has 0 heterocycles. The van der Waals surface area contributed by atoms with Crippen LogP contribution >= 0.6 is 11.6 Å². The number of benzene rings is 2. The summed E-state index contributed by atoms with van der Waals surface area (Å²) in [6, 6.07) is 9.17. The molecule has 0 fully saturated rings. The van der Waals surface area contributed by atoms with E-state index in [0.717, 1.165) is 6.07 Å². The Kier molecular flexibility index (Phi) is 6.54. The molecule has 0 spiro atoms. The van der Waals surface area contributed by atoms with Crippen LogP contribution in [0.15, 0.2) is 47.4 Å². The SMILES string of the molecule is COC[C@@H](C)NS(=O)(=O)c1ccc(Oc2ccc(Cl)cc2)c([N+](=O)[O-])c1. The molecule has 8 nitrogen and oxygen atoms in total. The standard InChI is InChI=1S/C16H17ClN2O6S/c1-11(10-24-2)18-26(22,23)14-7-8-16(15(9-14)19(20)21)25-13-5-3-12(17)4-6-13/h3-9,11,18H,10H2,1-2H3/t11-/m1/s1. The van der Waals surface area contributed by atoms with Gasteiger partial charge in [0.25, 0.3) is 0 Å². The average molecular weight is 401 g/mol. The van der Waals surface area contributed by atoms with Gasteiger partial charge >= 0.3 is 5.69 Å². The molecule has 0 saturated carbocycles. The minimum Gasteiger partial charge on any atom is -0.450 e. The number of ether oxygens (including phenoxy) is 2. The van der Waals surface area contributed by atoms with Crippen LogP contribution in [0.2, 0.25) is 5.02 Å². The Morgan fingerprint density at radius 2 is 1.88 bits per heavy atom. The van der Waals surface area contributed by atoms with E-state index in [9.17, 15) is 18.5 Å². The lowest BCUT2D eigenvalue weighted by Gasteiger charge is -2.14. The van der Waals surface area contributed by atoms with Crippen LogP contribution in [0.3, 0.4) is 0 Å². The predicted octanol–water partition coefficient (Wildman–Crippen LogP) is 3.35. The molecular formula is C16H17ClN2O6S. The van der Waals surface area contributed by atoms with Gasteiger partial charge in [-0.05, 0) is 43.3 Å². The van der Waals surface area contributed by atoms with E-state index in [4.69, 9.17) is 21.1 Å². The molecular weight excluding hydrogens is 384 g/mol. The van der Waals surface area contributed by atoms with Crippen molar-refractivity contribution < 1.29 is 22.8 Å². The molecule has 1 N–H and O–H groups in total. The first kappa shape index (κ1) is 20.1. The molecule has 0 radical (unpaired) electrons. The van der Waals surface area contributed by atoms with Crippen LogP contribution in [0.1, 0.15) is 6.92 Å². The Hall–Kier alpha value is -2.20. The van der Waals surface area contributed by atoms with Gasteiger partial charge in [0.2, 0.25) is 15.8 Å². The van der Waals surface area contributed by atoms with Crippen molar-refractivity contribution in [2.24, 2.45) is 0 Å². The minimum atomic E-state index is -3.94. The number of nitrogens with one attached hydrogen (secondary N) is 1. The summed E-state index contributed by atoms with van der Waals surface area (Å²) in [7, 11) is -2.50. The van der Waals surface area contributed by atoms with Crippen LogP contribution in [0.5, 0.6) is 11.5 Å². The number of halogens is 1. The van der Waals surface area contributed by atoms with Crippen molar-refractivity contribution in [2.45, 2.75) is 17.9 Å². The van der Waals surface area contributed by atoms with Crippen molar-refractivity contribution in [1.29, 1.82) is 0 Å². The van der Waals surface area contributed by atoms with Crippen molar-refractivity contribution in [3.63, 3.8) is 0 Å². The highest BCUT2D eigenvalue weighted by atomic mass is 35.5. The number of rotatable bonds is 8. The molecule has 0 aromatic heterocycles. The summed E-state index contributed by atoms with van der Waals surface area (Å²) in [4.78, 5) is 10.4. The van der Waals surface area contributed by atoms with Gasteiger partial charge in [0.15, 0.2) is 0 Å². The topological polar surface area (TPSA) is 108 Å². The van der Waals surface area contributed by atoms with Crippen molar-refractivity contribution in [1.82, 2.24) is 4.72 Å². The van der Waals surface area contributed by atoms with Gasteiger partial charge in [0, 0.05) is 24.2 Å². The second-order valence-electron chi connectivity index (χ2n) is 5.42. The lowest BCUT2D eigenvalue weighted by atomic mass is 10.3. The van der Waals surface area contributed by atoms with Crippen LogP contribution in [-0.4, -0.2) is 33.1 Å². The predicted molar refractivity (Wildman–Crippen MR) is 96.3 cm³/mol. The number of hydrogen-bond donors (Lipinski definition) is 1. The molecule has 140 valence electrons. The lowest BCUT2D eigenvalue weighted by molar-refractivity contribution is -0.385. The van der Waals surface area contributed by atoms with E-state index >= 15 is 0 Å². The van der Waals surface area contributed by atoms with E-state index in [2.05, 4.69) is 4.72 Å². The molecule has 2 aromatic carbocycles. The Labute approximate surface area is 155 Å². The number of methoxy groups -OCH3 is 1. The molecule has 26 heavy (non-hydrogen) atoms. The average Bonchev–Trinajstić information content (AvgIpc) is 2.56. The molecule has 0 aliphatic carbocycles. The molecule has 1 atom stereocenters. The van der Waals surface area contributed by atoms with Crippen LogP contribution in [0, 0.1) is 10.1 Å². The summed E-state index contributed by atoms with van der Waals surface area (Å²) in [5.74, 6) is 0.251. The first-order chi connectivity index (χ1) is 12.2. The maximum absolute atomic E-state index is 12.4. The molecule has 10 heteroatoms. The van der Waals surface area contributed by atoms with Gasteiger partial charge in [-0.3, -0.25) is 10.1 Å². The molecule has 0 aliphatic rings. The number of nitro groups is 1. The zero-order valence-corrected chi connectivity index (χ0v) is 15.6. The fraction of sp³-hybridized carbons (Fsp3) is 0.250. The summed E-state index contributed by atoms with van der Waals surface area (Å²) in [5.41, 5.74) is -0.470. The summed E-state index contributed by atoms with van der Waals surface area (Å²) in [5, 5.41) is 11.8. The van der Waals surface area contributed by atoms with Crippen molar-refractivity contribution in [3.05, 3.63) is 57.6 Å². The molecule has 2 rings (SSSR count). The second kappa shape index (κ2) is 8.45. The maximum Gasteiger partial charge on any atom is 0.312 e. The third-order valence-corrected chi connectivity index (χ3v) is 5.09. The molecule has 0 amide bonds. The van der Waals surface area contributed by atoms with Crippen LogP contribution in [0.25, 0.3) is 0 Å². The highest BCUT2D eigenvalue weighted by molar-refractivity contribution is 7.89. The monoisotopic (exact) mass is 400 g/mol. The van der Waals surface area contributed by atoms with Crippen LogP contribution in [-0.2, 0) is 14.8 Å². The van der Waals surface area contributed by atoms with Crippen LogP contribution in [0.4, 0.5) is 5.69 Å². The Bertz CT molecular complexity index is 886. The fourth-order valence-electron chi connectivity index (χ4n) is 2.14. The largest absolute Gasteiger partial charge is 0.450 e. The third-order valence-electron chi connectivity index (χ3n) is 3.25. The van der Waals surface area contributed by atoms with E-state index in [1.807, 2.05) is 0 Å². The highest BCUT2D eigenvalue weighted by Gasteiger charge is 2.24. The van der Waals surface area contributed by atoms with Crippen molar-refractivity contribution in [2.75, 3.05) is 13.7 Å². The Morgan fingerprint density at radius 3 is 2.46 bits per heavy atom. The van der Waals surface area contributed by atoms with Gasteiger partial charge in [-0.15, -0.1) is 0 Å². The van der Waals surface area contributed by atoms with Gasteiger partial charge in [-0.1, -0.05) is 11.6 Å². The molecule has 0 unspecified atom stereocenters. The normalized spacial score (nSPS) is 12.6. The minimum absolute atomic E-state index is 0.0822. The summed E-state index contributed by atoms with van der Waals surface area (Å²) in [6.07, 6.45) is 0. The molecule has 0 saturated heterocycles. The van der Waals surface area contributed by atoms with E-state index in [-0.39, 0.29) is 17.3 Å². The zero-order valence-electron chi connectivity index (χ0n) is 14.0. The van der Waals surface area contributed by atoms with E-state index in [1.54, 1.807) is 31.2 Å². The summed E-state index contributed by atoms with van der Waals surface area (Å²) < 4.78 is 37.4. The number of sulfonamides is 1. The van der Waals surface area contributed by atoms with Gasteiger partial charge in [-0.2, -0.15) is 0 Å². The maximum atomic E-state index is 12.4. The summed E-state index contributed by atoms with van der Waals surface area (Å²) in [6.45, 7) is 1.78. The zero-order chi connectivity index (χ0) is 19.3. The molecule has 0 aliphatic heterocycles. The van der Waals surface area contributed by atoms with Crippen molar-refractivity contribution >= 4 is 27.3 Å². The third kappa shape index (κ3) is 5.15. The Morgan fingerprint density at radius 1 is 1.23 bits per heavy atom. The molecule has 0 bridgehead atoms. The van der Waals surface area contributed by atoms with Crippen molar-refractivity contribution in [3.8, 4) is 11.5 Å². The highest BCUT2D eigenvalue weighted by Crippen LogP contribution is 2.33. The quantitative estimate of drug-likeness (QED) is 0.537. The van der Waals surface area contributed by atoms with Gasteiger partial charge in [-0.25, -0.2) is 13.1 Å². The Balaban J connectivity index is 2.33. The van der Waals surface area contributed by atoms with E-state index in [0.29, 0.717) is 10.8 Å². The van der Waals surface area contributed by atoms with Gasteiger partial charge < -0.3 is 9.47 Å². The fourth-order valence-corrected chi connectivity index (χ4v) is 3.51. The lowest BCUT2D eigenvalue weighted by Crippen LogP contribution is -2.35. The summed E-state index contributed by atoms with van der Waals surface area (Å²) >= 11 is 5.78. The number of hydrogen-bond acceptors (Lipinski definition) is 6. The van der Waals surface area contributed by atoms with Crippen LogP contribution < -0.4 is 9.46 Å².